The van der Waals surface area contributed by atoms with Gasteiger partial charge in [-0.15, -0.1) is 0 Å². The Morgan fingerprint density at radius 3 is 2.80 bits per heavy atom. The van der Waals surface area contributed by atoms with Gasteiger partial charge in [0.25, 0.3) is 0 Å². The minimum Gasteiger partial charge on any atom is -0.398 e. The molecule has 1 aromatic carbocycles. The number of nitrogens with two attached hydrogens (primary N) is 1. The summed E-state index contributed by atoms with van der Waals surface area (Å²) < 4.78 is 0. The Balaban J connectivity index is 2.44. The number of anilines is 1. The molecule has 2 N–H and O–H groups in total. The fraction of sp³-hybridized carbons (Fsp3) is 0.308. The highest BCUT2D eigenvalue weighted by atomic mass is 16.1. The van der Waals surface area contributed by atoms with E-state index in [0.29, 0.717) is 6.42 Å². The molecular formula is C13H15NO. The molecule has 2 nitrogen and oxygen atoms in total. The maximum atomic E-state index is 11.3. The van der Waals surface area contributed by atoms with Gasteiger partial charge < -0.3 is 5.73 Å². The molecule has 2 rings (SSSR count). The van der Waals surface area contributed by atoms with Crippen LogP contribution in [0.2, 0.25) is 0 Å². The van der Waals surface area contributed by atoms with Crippen LogP contribution >= 0.6 is 0 Å². The zero-order chi connectivity index (χ0) is 10.8. The van der Waals surface area contributed by atoms with Gasteiger partial charge in [0, 0.05) is 17.7 Å². The van der Waals surface area contributed by atoms with Crippen LogP contribution < -0.4 is 5.73 Å². The summed E-state index contributed by atoms with van der Waals surface area (Å²) in [6, 6.07) is 5.95. The van der Waals surface area contributed by atoms with Crippen molar-refractivity contribution < 1.29 is 4.79 Å². The van der Waals surface area contributed by atoms with E-state index in [1.165, 1.54) is 5.56 Å². The SMILES string of the molecule is Cc1ccc(N)c(C2=CC(=O)CCC2)c1. The summed E-state index contributed by atoms with van der Waals surface area (Å²) in [7, 11) is 0. The molecule has 0 saturated heterocycles. The van der Waals surface area contributed by atoms with Crippen molar-refractivity contribution in [1.29, 1.82) is 0 Å². The molecule has 0 aromatic heterocycles. The molecule has 0 spiro atoms. The second kappa shape index (κ2) is 3.89. The van der Waals surface area contributed by atoms with E-state index in [0.717, 1.165) is 29.7 Å². The summed E-state index contributed by atoms with van der Waals surface area (Å²) in [4.78, 5) is 11.3. The molecule has 1 aromatic rings. The Kier molecular flexibility index (Phi) is 2.58. The normalized spacial score (nSPS) is 16.3. The third-order valence-corrected chi connectivity index (χ3v) is 2.76. The van der Waals surface area contributed by atoms with Crippen molar-refractivity contribution in [3.8, 4) is 0 Å². The van der Waals surface area contributed by atoms with Crippen LogP contribution in [0.4, 0.5) is 5.69 Å². The molecule has 15 heavy (non-hydrogen) atoms. The lowest BCUT2D eigenvalue weighted by Gasteiger charge is -2.14. The molecule has 78 valence electrons. The third-order valence-electron chi connectivity index (χ3n) is 2.76. The predicted molar refractivity (Wildman–Crippen MR) is 62.4 cm³/mol. The number of carbonyl (C=O) groups excluding carboxylic acids is 1. The average Bonchev–Trinajstić information content (AvgIpc) is 2.22. The molecule has 0 bridgehead atoms. The molecule has 0 aliphatic heterocycles. The van der Waals surface area contributed by atoms with Gasteiger partial charge in [0.05, 0.1) is 0 Å². The largest absolute Gasteiger partial charge is 0.398 e. The van der Waals surface area contributed by atoms with E-state index in [1.807, 2.05) is 19.1 Å². The van der Waals surface area contributed by atoms with E-state index in [-0.39, 0.29) is 5.78 Å². The number of hydrogen-bond donors (Lipinski definition) is 1. The smallest absolute Gasteiger partial charge is 0.155 e. The minimum atomic E-state index is 0.220. The van der Waals surface area contributed by atoms with Gasteiger partial charge in [-0.3, -0.25) is 4.79 Å². The molecule has 2 heteroatoms. The monoisotopic (exact) mass is 201 g/mol. The molecule has 0 radical (unpaired) electrons. The van der Waals surface area contributed by atoms with Gasteiger partial charge in [0.2, 0.25) is 0 Å². The van der Waals surface area contributed by atoms with E-state index in [4.69, 9.17) is 5.73 Å². The van der Waals surface area contributed by atoms with Gasteiger partial charge in [-0.05, 0) is 43.5 Å². The number of allylic oxidation sites excluding steroid dienone is 2. The first-order valence-electron chi connectivity index (χ1n) is 5.27. The lowest BCUT2D eigenvalue weighted by Crippen LogP contribution is -2.04. The van der Waals surface area contributed by atoms with Crippen molar-refractivity contribution in [3.63, 3.8) is 0 Å². The number of hydrogen-bond acceptors (Lipinski definition) is 2. The van der Waals surface area contributed by atoms with Crippen LogP contribution in [0.25, 0.3) is 5.57 Å². The van der Waals surface area contributed by atoms with E-state index in [1.54, 1.807) is 6.08 Å². The van der Waals surface area contributed by atoms with Crippen LogP contribution in [0.1, 0.15) is 30.4 Å². The Morgan fingerprint density at radius 2 is 2.07 bits per heavy atom. The highest BCUT2D eigenvalue weighted by molar-refractivity contribution is 5.99. The standard InChI is InChI=1S/C13H15NO/c1-9-5-6-13(14)12(7-9)10-3-2-4-11(15)8-10/h5-8H,2-4,14H2,1H3. The van der Waals surface area contributed by atoms with Gasteiger partial charge in [-0.25, -0.2) is 0 Å². The fourth-order valence-corrected chi connectivity index (χ4v) is 1.95. The zero-order valence-electron chi connectivity index (χ0n) is 8.92. The number of ketones is 1. The molecule has 1 aliphatic rings. The van der Waals surface area contributed by atoms with Gasteiger partial charge in [0.15, 0.2) is 5.78 Å². The van der Waals surface area contributed by atoms with Gasteiger partial charge >= 0.3 is 0 Å². The summed E-state index contributed by atoms with van der Waals surface area (Å²) in [5.74, 6) is 0.220. The topological polar surface area (TPSA) is 43.1 Å². The third kappa shape index (κ3) is 2.09. The summed E-state index contributed by atoms with van der Waals surface area (Å²) in [5, 5.41) is 0. The highest BCUT2D eigenvalue weighted by Crippen LogP contribution is 2.29. The Morgan fingerprint density at radius 1 is 1.27 bits per heavy atom. The number of nitrogen functional groups attached to an aromatic ring is 1. The van der Waals surface area contributed by atoms with Gasteiger partial charge in [0.1, 0.15) is 0 Å². The van der Waals surface area contributed by atoms with Crippen molar-refractivity contribution >= 4 is 17.0 Å². The number of benzene rings is 1. The lowest BCUT2D eigenvalue weighted by atomic mass is 9.91. The molecule has 0 amide bonds. The first-order chi connectivity index (χ1) is 7.16. The van der Waals surface area contributed by atoms with Gasteiger partial charge in [-0.1, -0.05) is 11.6 Å². The average molecular weight is 201 g/mol. The first-order valence-corrected chi connectivity index (χ1v) is 5.27. The predicted octanol–water partition coefficient (Wildman–Crippen LogP) is 2.71. The van der Waals surface area contributed by atoms with Gasteiger partial charge in [-0.2, -0.15) is 0 Å². The quantitative estimate of drug-likeness (QED) is 0.710. The summed E-state index contributed by atoms with van der Waals surface area (Å²) in [6.45, 7) is 2.04. The summed E-state index contributed by atoms with van der Waals surface area (Å²) >= 11 is 0. The van der Waals surface area contributed by atoms with Crippen LogP contribution in [-0.2, 0) is 4.79 Å². The summed E-state index contributed by atoms with van der Waals surface area (Å²) in [5.41, 5.74) is 9.98. The Bertz CT molecular complexity index is 432. The summed E-state index contributed by atoms with van der Waals surface area (Å²) in [6.07, 6.45) is 4.32. The van der Waals surface area contributed by atoms with Crippen LogP contribution in [-0.4, -0.2) is 5.78 Å². The molecule has 0 fully saturated rings. The number of rotatable bonds is 1. The number of aryl methyl sites for hydroxylation is 1. The maximum absolute atomic E-state index is 11.3. The first kappa shape index (κ1) is 9.97. The maximum Gasteiger partial charge on any atom is 0.155 e. The molecule has 1 aliphatic carbocycles. The molecule has 0 saturated carbocycles. The van der Waals surface area contributed by atoms with Crippen molar-refractivity contribution in [2.75, 3.05) is 5.73 Å². The zero-order valence-corrected chi connectivity index (χ0v) is 8.92. The second-order valence-electron chi connectivity index (χ2n) is 4.08. The lowest BCUT2D eigenvalue weighted by molar-refractivity contribution is -0.114. The fourth-order valence-electron chi connectivity index (χ4n) is 1.95. The van der Waals surface area contributed by atoms with Crippen molar-refractivity contribution in [1.82, 2.24) is 0 Å². The van der Waals surface area contributed by atoms with E-state index < -0.39 is 0 Å². The van der Waals surface area contributed by atoms with Crippen molar-refractivity contribution in [2.45, 2.75) is 26.2 Å². The Labute approximate surface area is 89.8 Å². The van der Waals surface area contributed by atoms with Crippen LogP contribution in [0.3, 0.4) is 0 Å². The van der Waals surface area contributed by atoms with Crippen molar-refractivity contribution in [2.24, 2.45) is 0 Å². The molecule has 0 unspecified atom stereocenters. The molecule has 0 heterocycles. The van der Waals surface area contributed by atoms with Crippen molar-refractivity contribution in [3.05, 3.63) is 35.4 Å². The van der Waals surface area contributed by atoms with E-state index >= 15 is 0 Å². The Hall–Kier alpha value is -1.57. The highest BCUT2D eigenvalue weighted by Gasteiger charge is 2.13. The van der Waals surface area contributed by atoms with E-state index in [9.17, 15) is 4.79 Å². The van der Waals surface area contributed by atoms with E-state index in [2.05, 4.69) is 6.07 Å². The number of carbonyl (C=O) groups is 1. The minimum absolute atomic E-state index is 0.220. The second-order valence-corrected chi connectivity index (χ2v) is 4.08. The van der Waals surface area contributed by atoms with Crippen LogP contribution in [0, 0.1) is 6.92 Å². The molecule has 0 atom stereocenters. The van der Waals surface area contributed by atoms with Crippen LogP contribution in [0.5, 0.6) is 0 Å². The van der Waals surface area contributed by atoms with Crippen LogP contribution in [0.15, 0.2) is 24.3 Å². The molecular weight excluding hydrogens is 186 g/mol.